The topological polar surface area (TPSA) is 108 Å². The first kappa shape index (κ1) is 63.5. The minimum absolute atomic E-state index is 0.184. The second-order valence-electron chi connectivity index (χ2n) is 19.9. The van der Waals surface area contributed by atoms with Crippen LogP contribution in [0.4, 0.5) is 0 Å². The fourth-order valence-corrected chi connectivity index (χ4v) is 7.80. The maximum absolute atomic E-state index is 12.8. The number of allylic oxidation sites excluding steroid dienone is 6. The Hall–Kier alpha value is -2.49. The molecule has 66 heavy (non-hydrogen) atoms. The van der Waals surface area contributed by atoms with Crippen LogP contribution in [-0.4, -0.2) is 87.4 Å². The number of quaternary nitrogens is 1. The van der Waals surface area contributed by atoms with E-state index >= 15 is 0 Å². The van der Waals surface area contributed by atoms with Gasteiger partial charge in [-0.05, 0) is 70.6 Å². The molecule has 0 bridgehead atoms. The Morgan fingerprint density at radius 2 is 0.818 bits per heavy atom. The summed E-state index contributed by atoms with van der Waals surface area (Å²) >= 11 is 0. The van der Waals surface area contributed by atoms with Crippen molar-refractivity contribution in [2.45, 2.75) is 264 Å². The highest BCUT2D eigenvalue weighted by atomic mass is 16.7. The number of carbonyl (C=O) groups is 3. The van der Waals surface area contributed by atoms with Gasteiger partial charge in [0.15, 0.2) is 6.10 Å². The van der Waals surface area contributed by atoms with E-state index in [1.165, 1.54) is 167 Å². The van der Waals surface area contributed by atoms with E-state index in [0.717, 1.165) is 51.4 Å². The van der Waals surface area contributed by atoms with Crippen molar-refractivity contribution in [2.75, 3.05) is 47.5 Å². The van der Waals surface area contributed by atoms with Crippen LogP contribution in [0.15, 0.2) is 36.5 Å². The number of carbonyl (C=O) groups excluding carboxylic acids is 2. The Morgan fingerprint density at radius 1 is 0.455 bits per heavy atom. The Bertz CT molecular complexity index is 1180. The lowest BCUT2D eigenvalue weighted by Crippen LogP contribution is -2.40. The zero-order valence-electron chi connectivity index (χ0n) is 43.9. The van der Waals surface area contributed by atoms with Crippen LogP contribution in [0.25, 0.3) is 0 Å². The summed E-state index contributed by atoms with van der Waals surface area (Å²) in [7, 11) is 5.97. The van der Waals surface area contributed by atoms with E-state index in [1.807, 2.05) is 21.1 Å². The van der Waals surface area contributed by atoms with Crippen LogP contribution in [0, 0.1) is 0 Å². The highest BCUT2D eigenvalue weighted by Gasteiger charge is 2.25. The first-order valence-electron chi connectivity index (χ1n) is 27.7. The molecule has 0 amide bonds. The predicted molar refractivity (Wildman–Crippen MR) is 277 cm³/mol. The largest absolute Gasteiger partial charge is 0.477 e. The number of nitrogens with zero attached hydrogens (tertiary/aromatic N) is 1. The van der Waals surface area contributed by atoms with Crippen LogP contribution >= 0.6 is 0 Å². The monoisotopic (exact) mass is 933 g/mol. The molecule has 0 aromatic rings. The van der Waals surface area contributed by atoms with Gasteiger partial charge in [-0.15, -0.1) is 0 Å². The molecule has 2 unspecified atom stereocenters. The number of hydrogen-bond donors (Lipinski definition) is 1. The summed E-state index contributed by atoms with van der Waals surface area (Å²) in [6.07, 6.45) is 55.0. The summed E-state index contributed by atoms with van der Waals surface area (Å²) in [5, 5.41) is 9.68. The zero-order valence-corrected chi connectivity index (χ0v) is 43.9. The lowest BCUT2D eigenvalue weighted by molar-refractivity contribution is -0.870. The molecular formula is C57H106NO8+. The maximum atomic E-state index is 12.8. The molecule has 0 aromatic heterocycles. The van der Waals surface area contributed by atoms with Crippen molar-refractivity contribution in [3.8, 4) is 0 Å². The van der Waals surface area contributed by atoms with Crippen molar-refractivity contribution in [1.82, 2.24) is 0 Å². The molecule has 9 nitrogen and oxygen atoms in total. The lowest BCUT2D eigenvalue weighted by Gasteiger charge is -2.25. The van der Waals surface area contributed by atoms with Gasteiger partial charge < -0.3 is 28.5 Å². The van der Waals surface area contributed by atoms with Gasteiger partial charge >= 0.3 is 17.9 Å². The van der Waals surface area contributed by atoms with Crippen LogP contribution in [-0.2, 0) is 33.3 Å². The molecule has 9 heteroatoms. The summed E-state index contributed by atoms with van der Waals surface area (Å²) in [4.78, 5) is 37.3. The number of ether oxygens (including phenoxy) is 4. The quantitative estimate of drug-likeness (QED) is 0.0211. The van der Waals surface area contributed by atoms with Gasteiger partial charge in [-0.25, -0.2) is 4.79 Å². The number of hydrogen-bond acceptors (Lipinski definition) is 7. The minimum Gasteiger partial charge on any atom is -0.477 e. The number of carboxylic acid groups (broad SMARTS) is 1. The zero-order chi connectivity index (χ0) is 48.4. The fourth-order valence-electron chi connectivity index (χ4n) is 7.80. The van der Waals surface area contributed by atoms with E-state index < -0.39 is 24.3 Å². The molecule has 386 valence electrons. The normalized spacial score (nSPS) is 13.0. The first-order valence-corrected chi connectivity index (χ1v) is 27.7. The van der Waals surface area contributed by atoms with Crippen LogP contribution in [0.1, 0.15) is 251 Å². The molecule has 0 spiro atoms. The second-order valence-corrected chi connectivity index (χ2v) is 19.9. The molecule has 0 aliphatic rings. The smallest absolute Gasteiger partial charge is 0.361 e. The predicted octanol–water partition coefficient (Wildman–Crippen LogP) is 15.7. The SMILES string of the molecule is CCCCCC/C=C\C/C=C\CCCCCCCCCC(=O)OC(COC(=O)CCCCCCCCCCCCC/C=C\CCCCCCCCCC)COC(OCC[N+](C)(C)C)C(=O)O. The van der Waals surface area contributed by atoms with Crippen LogP contribution in [0.5, 0.6) is 0 Å². The molecule has 2 atom stereocenters. The van der Waals surface area contributed by atoms with Crippen molar-refractivity contribution < 1.29 is 42.9 Å². The van der Waals surface area contributed by atoms with Crippen molar-refractivity contribution in [3.63, 3.8) is 0 Å². The molecule has 0 saturated heterocycles. The van der Waals surface area contributed by atoms with E-state index in [0.29, 0.717) is 23.9 Å². The molecule has 0 rings (SSSR count). The average molecular weight is 933 g/mol. The third-order valence-corrected chi connectivity index (χ3v) is 12.1. The summed E-state index contributed by atoms with van der Waals surface area (Å²) < 4.78 is 22.9. The van der Waals surface area contributed by atoms with Crippen molar-refractivity contribution in [1.29, 1.82) is 0 Å². The minimum atomic E-state index is -1.51. The Labute approximate surface area is 407 Å². The number of aliphatic carboxylic acids is 1. The van der Waals surface area contributed by atoms with Crippen molar-refractivity contribution in [3.05, 3.63) is 36.5 Å². The second kappa shape index (κ2) is 48.9. The molecule has 0 aliphatic heterocycles. The Morgan fingerprint density at radius 3 is 1.23 bits per heavy atom. The van der Waals surface area contributed by atoms with Gasteiger partial charge in [-0.2, -0.15) is 0 Å². The van der Waals surface area contributed by atoms with Crippen molar-refractivity contribution in [2.24, 2.45) is 0 Å². The fraction of sp³-hybridized carbons (Fsp3) is 0.842. The van der Waals surface area contributed by atoms with Gasteiger partial charge in [0, 0.05) is 12.8 Å². The van der Waals surface area contributed by atoms with Gasteiger partial charge in [0.05, 0.1) is 34.4 Å². The highest BCUT2D eigenvalue weighted by molar-refractivity contribution is 5.71. The Balaban J connectivity index is 4.27. The summed E-state index contributed by atoms with van der Waals surface area (Å²) in [6.45, 7) is 4.88. The van der Waals surface area contributed by atoms with Crippen LogP contribution in [0.2, 0.25) is 0 Å². The summed E-state index contributed by atoms with van der Waals surface area (Å²) in [6, 6.07) is 0. The Kier molecular flexibility index (Phi) is 47.1. The third kappa shape index (κ3) is 49.4. The first-order chi connectivity index (χ1) is 32.1. The number of carboxylic acids is 1. The van der Waals surface area contributed by atoms with E-state index in [4.69, 9.17) is 18.9 Å². The van der Waals surface area contributed by atoms with Gasteiger partial charge in [0.25, 0.3) is 6.29 Å². The van der Waals surface area contributed by atoms with Gasteiger partial charge in [0.2, 0.25) is 0 Å². The van der Waals surface area contributed by atoms with E-state index in [2.05, 4.69) is 50.3 Å². The van der Waals surface area contributed by atoms with E-state index in [9.17, 15) is 19.5 Å². The van der Waals surface area contributed by atoms with Gasteiger partial charge in [-0.3, -0.25) is 9.59 Å². The highest BCUT2D eigenvalue weighted by Crippen LogP contribution is 2.16. The number of esters is 2. The molecular weight excluding hydrogens is 827 g/mol. The molecule has 0 heterocycles. The molecule has 0 aromatic carbocycles. The van der Waals surface area contributed by atoms with Crippen LogP contribution in [0.3, 0.4) is 0 Å². The number of unbranched alkanes of at least 4 members (excludes halogenated alkanes) is 30. The van der Waals surface area contributed by atoms with Crippen LogP contribution < -0.4 is 0 Å². The van der Waals surface area contributed by atoms with Gasteiger partial charge in [-0.1, -0.05) is 204 Å². The summed E-state index contributed by atoms with van der Waals surface area (Å²) in [5.41, 5.74) is 0. The standard InChI is InChI=1S/C57H105NO8/c1-6-8-10-12-14-16-18-20-22-24-26-27-28-29-30-32-33-35-37-39-41-43-45-47-54(59)64-51-53(52-65-57(56(61)62)63-50-49-58(3,4)5)66-55(60)48-46-44-42-40-38-36-34-31-25-23-21-19-17-15-13-11-9-7-2/h17,19,23-26,53,57H,6-16,18,20-22,27-52H2,1-5H3/p+1/b19-17-,25-23-,26-24-. The molecule has 0 radical (unpaired) electrons. The maximum Gasteiger partial charge on any atom is 0.361 e. The average Bonchev–Trinajstić information content (AvgIpc) is 3.28. The van der Waals surface area contributed by atoms with Gasteiger partial charge in [0.1, 0.15) is 13.2 Å². The lowest BCUT2D eigenvalue weighted by atomic mass is 10.0. The molecule has 0 fully saturated rings. The third-order valence-electron chi connectivity index (χ3n) is 12.1. The van der Waals surface area contributed by atoms with E-state index in [-0.39, 0.29) is 32.2 Å². The molecule has 1 N–H and O–H groups in total. The summed E-state index contributed by atoms with van der Waals surface area (Å²) in [5.74, 6) is -2.01. The molecule has 0 aliphatic carbocycles. The molecule has 0 saturated carbocycles. The van der Waals surface area contributed by atoms with Crippen molar-refractivity contribution >= 4 is 17.9 Å². The number of rotatable bonds is 51. The number of likely N-dealkylation sites (N-methyl/N-ethyl adjacent to an activating group) is 1. The van der Waals surface area contributed by atoms with E-state index in [1.54, 1.807) is 0 Å².